The predicted molar refractivity (Wildman–Crippen MR) is 68.9 cm³/mol. The van der Waals surface area contributed by atoms with E-state index >= 15 is 0 Å². The van der Waals surface area contributed by atoms with Gasteiger partial charge >= 0.3 is 0 Å². The van der Waals surface area contributed by atoms with Crippen LogP contribution >= 0.6 is 0 Å². The van der Waals surface area contributed by atoms with Crippen molar-refractivity contribution < 1.29 is 19.4 Å². The summed E-state index contributed by atoms with van der Waals surface area (Å²) in [4.78, 5) is 11.8. The van der Waals surface area contributed by atoms with E-state index in [1.165, 1.54) is 24.3 Å². The summed E-state index contributed by atoms with van der Waals surface area (Å²) in [5.74, 6) is -1.83. The van der Waals surface area contributed by atoms with E-state index in [0.717, 1.165) is 11.6 Å². The lowest BCUT2D eigenvalue weighted by Crippen LogP contribution is -2.12. The van der Waals surface area contributed by atoms with Gasteiger partial charge in [-0.1, -0.05) is 6.07 Å². The number of benzene rings is 2. The molecular weight excluding hydrogens is 249 g/mol. The number of nitrogens with one attached hydrogen (secondary N) is 1. The molecule has 0 saturated carbocycles. The van der Waals surface area contributed by atoms with E-state index in [2.05, 4.69) is 5.32 Å². The number of rotatable bonds is 2. The average molecular weight is 261 g/mol. The zero-order chi connectivity index (χ0) is 14.0. The monoisotopic (exact) mass is 261 g/mol. The SMILES string of the molecule is Cc1ccc(NC(=O)c2ccc(O)c(O)c2)c(F)c1. The van der Waals surface area contributed by atoms with Gasteiger partial charge in [0.2, 0.25) is 0 Å². The maximum Gasteiger partial charge on any atom is 0.255 e. The van der Waals surface area contributed by atoms with Crippen LogP contribution < -0.4 is 5.32 Å². The van der Waals surface area contributed by atoms with Crippen molar-refractivity contribution in [2.75, 3.05) is 5.32 Å². The smallest absolute Gasteiger partial charge is 0.255 e. The molecule has 2 aromatic rings. The first-order valence-corrected chi connectivity index (χ1v) is 5.57. The van der Waals surface area contributed by atoms with Crippen molar-refractivity contribution in [2.24, 2.45) is 0 Å². The lowest BCUT2D eigenvalue weighted by molar-refractivity contribution is 0.102. The molecule has 98 valence electrons. The maximum atomic E-state index is 13.6. The molecule has 0 fully saturated rings. The third-order valence-corrected chi connectivity index (χ3v) is 2.61. The van der Waals surface area contributed by atoms with Gasteiger partial charge in [0, 0.05) is 5.56 Å². The van der Waals surface area contributed by atoms with Crippen molar-refractivity contribution >= 4 is 11.6 Å². The number of halogens is 1. The van der Waals surface area contributed by atoms with Crippen LogP contribution in [0, 0.1) is 12.7 Å². The van der Waals surface area contributed by atoms with Gasteiger partial charge < -0.3 is 15.5 Å². The van der Waals surface area contributed by atoms with Crippen molar-refractivity contribution in [2.45, 2.75) is 6.92 Å². The van der Waals surface area contributed by atoms with E-state index in [1.807, 2.05) is 0 Å². The minimum absolute atomic E-state index is 0.0585. The van der Waals surface area contributed by atoms with Crippen molar-refractivity contribution in [1.29, 1.82) is 0 Å². The Morgan fingerprint density at radius 1 is 1.11 bits per heavy atom. The molecule has 0 spiro atoms. The molecule has 3 N–H and O–H groups in total. The topological polar surface area (TPSA) is 69.6 Å². The van der Waals surface area contributed by atoms with Gasteiger partial charge in [0.1, 0.15) is 5.82 Å². The number of hydrogen-bond acceptors (Lipinski definition) is 3. The van der Waals surface area contributed by atoms with Crippen LogP contribution in [0.15, 0.2) is 36.4 Å². The molecule has 2 aromatic carbocycles. The van der Waals surface area contributed by atoms with E-state index in [9.17, 15) is 14.3 Å². The summed E-state index contributed by atoms with van der Waals surface area (Å²) in [6.07, 6.45) is 0. The lowest BCUT2D eigenvalue weighted by atomic mass is 10.1. The second kappa shape index (κ2) is 4.97. The number of aromatic hydroxyl groups is 2. The van der Waals surface area contributed by atoms with Crippen molar-refractivity contribution in [3.05, 3.63) is 53.3 Å². The molecule has 0 unspecified atom stereocenters. The zero-order valence-electron chi connectivity index (χ0n) is 10.1. The number of hydrogen-bond donors (Lipinski definition) is 3. The van der Waals surface area contributed by atoms with Crippen molar-refractivity contribution in [3.63, 3.8) is 0 Å². The molecule has 0 atom stereocenters. The molecule has 5 heteroatoms. The highest BCUT2D eigenvalue weighted by molar-refractivity contribution is 6.04. The number of phenolic OH excluding ortho intramolecular Hbond substituents is 2. The second-order valence-electron chi connectivity index (χ2n) is 4.14. The number of phenols is 2. The Kier molecular flexibility index (Phi) is 3.37. The van der Waals surface area contributed by atoms with Crippen LogP contribution in [0.4, 0.5) is 10.1 Å². The molecule has 0 bridgehead atoms. The number of carbonyl (C=O) groups excluding carboxylic acids is 1. The zero-order valence-corrected chi connectivity index (χ0v) is 10.1. The Hall–Kier alpha value is -2.56. The molecule has 0 heterocycles. The molecule has 4 nitrogen and oxygen atoms in total. The Morgan fingerprint density at radius 3 is 2.47 bits per heavy atom. The van der Waals surface area contributed by atoms with Crippen LogP contribution in [0.5, 0.6) is 11.5 Å². The number of amides is 1. The standard InChI is InChI=1S/C14H12FNO3/c1-8-2-4-11(10(15)6-8)16-14(19)9-3-5-12(17)13(18)7-9/h2-7,17-18H,1H3,(H,16,19). The van der Waals surface area contributed by atoms with Gasteiger partial charge in [-0.15, -0.1) is 0 Å². The van der Waals surface area contributed by atoms with Gasteiger partial charge in [0.15, 0.2) is 11.5 Å². The minimum Gasteiger partial charge on any atom is -0.504 e. The molecular formula is C14H12FNO3. The van der Waals surface area contributed by atoms with E-state index < -0.39 is 17.5 Å². The largest absolute Gasteiger partial charge is 0.504 e. The van der Waals surface area contributed by atoms with E-state index in [-0.39, 0.29) is 17.0 Å². The summed E-state index contributed by atoms with van der Waals surface area (Å²) in [5.41, 5.74) is 0.927. The summed E-state index contributed by atoms with van der Waals surface area (Å²) in [6, 6.07) is 8.07. The van der Waals surface area contributed by atoms with Gasteiger partial charge in [-0.25, -0.2) is 4.39 Å². The van der Waals surface area contributed by atoms with Gasteiger partial charge in [0.05, 0.1) is 5.69 Å². The van der Waals surface area contributed by atoms with E-state index in [1.54, 1.807) is 13.0 Å². The Morgan fingerprint density at radius 2 is 1.84 bits per heavy atom. The van der Waals surface area contributed by atoms with Gasteiger partial charge in [-0.3, -0.25) is 4.79 Å². The third-order valence-electron chi connectivity index (χ3n) is 2.61. The van der Waals surface area contributed by atoms with Crippen molar-refractivity contribution in [1.82, 2.24) is 0 Å². The summed E-state index contributed by atoms with van der Waals surface area (Å²) >= 11 is 0. The summed E-state index contributed by atoms with van der Waals surface area (Å²) in [6.45, 7) is 1.74. The molecule has 0 aliphatic rings. The quantitative estimate of drug-likeness (QED) is 0.728. The fourth-order valence-electron chi connectivity index (χ4n) is 1.58. The lowest BCUT2D eigenvalue weighted by Gasteiger charge is -2.07. The number of aryl methyl sites for hydroxylation is 1. The van der Waals surface area contributed by atoms with Crippen molar-refractivity contribution in [3.8, 4) is 11.5 Å². The molecule has 0 aliphatic heterocycles. The van der Waals surface area contributed by atoms with Crippen LogP contribution in [-0.4, -0.2) is 16.1 Å². The highest BCUT2D eigenvalue weighted by Crippen LogP contribution is 2.25. The summed E-state index contributed by atoms with van der Waals surface area (Å²) in [5, 5.41) is 20.8. The Labute approximate surface area is 109 Å². The average Bonchev–Trinajstić information content (AvgIpc) is 2.36. The molecule has 0 aromatic heterocycles. The second-order valence-corrected chi connectivity index (χ2v) is 4.14. The summed E-state index contributed by atoms with van der Waals surface area (Å²) in [7, 11) is 0. The Balaban J connectivity index is 2.23. The number of carbonyl (C=O) groups is 1. The molecule has 2 rings (SSSR count). The highest BCUT2D eigenvalue weighted by Gasteiger charge is 2.11. The van der Waals surface area contributed by atoms with Crippen LogP contribution in [0.3, 0.4) is 0 Å². The normalized spacial score (nSPS) is 10.2. The highest BCUT2D eigenvalue weighted by atomic mass is 19.1. The summed E-state index contributed by atoms with van der Waals surface area (Å²) < 4.78 is 13.6. The number of anilines is 1. The first kappa shape index (κ1) is 12.9. The third kappa shape index (κ3) is 2.82. The van der Waals surface area contributed by atoms with Crippen LogP contribution in [0.25, 0.3) is 0 Å². The molecule has 1 amide bonds. The molecule has 0 saturated heterocycles. The minimum atomic E-state index is -0.571. The van der Waals surface area contributed by atoms with E-state index in [4.69, 9.17) is 5.11 Å². The van der Waals surface area contributed by atoms with Gasteiger partial charge in [0.25, 0.3) is 5.91 Å². The predicted octanol–water partition coefficient (Wildman–Crippen LogP) is 2.80. The molecule has 19 heavy (non-hydrogen) atoms. The van der Waals surface area contributed by atoms with Gasteiger partial charge in [-0.05, 0) is 42.8 Å². The van der Waals surface area contributed by atoms with Crippen LogP contribution in [0.2, 0.25) is 0 Å². The van der Waals surface area contributed by atoms with E-state index in [0.29, 0.717) is 0 Å². The fourth-order valence-corrected chi connectivity index (χ4v) is 1.58. The molecule has 0 aliphatic carbocycles. The van der Waals surface area contributed by atoms with Crippen LogP contribution in [-0.2, 0) is 0 Å². The first-order chi connectivity index (χ1) is 8.97. The maximum absolute atomic E-state index is 13.6. The van der Waals surface area contributed by atoms with Gasteiger partial charge in [-0.2, -0.15) is 0 Å². The van der Waals surface area contributed by atoms with Crippen LogP contribution in [0.1, 0.15) is 15.9 Å². The fraction of sp³-hybridized carbons (Fsp3) is 0.0714. The first-order valence-electron chi connectivity index (χ1n) is 5.57. The Bertz CT molecular complexity index is 641. The molecule has 0 radical (unpaired) electrons.